The lowest BCUT2D eigenvalue weighted by Crippen LogP contribution is -2.22. The molecule has 0 N–H and O–H groups in total. The van der Waals surface area contributed by atoms with Gasteiger partial charge < -0.3 is 4.74 Å². The second-order valence-electron chi connectivity index (χ2n) is 5.35. The summed E-state index contributed by atoms with van der Waals surface area (Å²) in [6.45, 7) is 4.10. The van der Waals surface area contributed by atoms with Gasteiger partial charge in [0.15, 0.2) is 0 Å². The van der Waals surface area contributed by atoms with Crippen LogP contribution in [0.15, 0.2) is 61.3 Å². The van der Waals surface area contributed by atoms with Gasteiger partial charge in [0.2, 0.25) is 0 Å². The number of amides is 1. The van der Waals surface area contributed by atoms with Gasteiger partial charge in [0.05, 0.1) is 29.6 Å². The van der Waals surface area contributed by atoms with Gasteiger partial charge in [-0.1, -0.05) is 24.8 Å². The first-order chi connectivity index (χ1) is 11.2. The van der Waals surface area contributed by atoms with Gasteiger partial charge in [0.1, 0.15) is 5.75 Å². The fourth-order valence-electron chi connectivity index (χ4n) is 2.97. The Morgan fingerprint density at radius 1 is 1.09 bits per heavy atom. The van der Waals surface area contributed by atoms with Crippen LogP contribution in [-0.4, -0.2) is 18.0 Å². The van der Waals surface area contributed by atoms with E-state index in [0.29, 0.717) is 17.0 Å². The maximum absolute atomic E-state index is 12.9. The molecule has 1 aromatic heterocycles. The Bertz CT molecular complexity index is 957. The second-order valence-corrected chi connectivity index (χ2v) is 5.35. The molecular formula is C19H14N2O2. The minimum absolute atomic E-state index is 0.109. The third-order valence-corrected chi connectivity index (χ3v) is 4.09. The largest absolute Gasteiger partial charge is 0.497 e. The number of carbonyl (C=O) groups is 1. The van der Waals surface area contributed by atoms with Crippen LogP contribution < -0.4 is 9.64 Å². The SMILES string of the molecule is C=C1c2ccc(OC)cc2C(=O)N1c1cccc2cccnc12. The van der Waals surface area contributed by atoms with Crippen molar-refractivity contribution in [2.24, 2.45) is 0 Å². The Hall–Kier alpha value is -3.14. The summed E-state index contributed by atoms with van der Waals surface area (Å²) in [6.07, 6.45) is 1.73. The number of methoxy groups -OCH3 is 1. The van der Waals surface area contributed by atoms with Gasteiger partial charge in [-0.05, 0) is 30.3 Å². The minimum atomic E-state index is -0.109. The number of hydrogen-bond donors (Lipinski definition) is 0. The highest BCUT2D eigenvalue weighted by molar-refractivity contribution is 6.24. The van der Waals surface area contributed by atoms with Gasteiger partial charge in [-0.25, -0.2) is 0 Å². The minimum Gasteiger partial charge on any atom is -0.497 e. The Morgan fingerprint density at radius 3 is 2.74 bits per heavy atom. The predicted molar refractivity (Wildman–Crippen MR) is 90.6 cm³/mol. The molecule has 0 saturated heterocycles. The molecule has 0 unspecified atom stereocenters. The van der Waals surface area contributed by atoms with Crippen molar-refractivity contribution in [3.05, 3.63) is 72.4 Å². The summed E-state index contributed by atoms with van der Waals surface area (Å²) >= 11 is 0. The zero-order valence-electron chi connectivity index (χ0n) is 12.6. The van der Waals surface area contributed by atoms with E-state index in [1.54, 1.807) is 24.3 Å². The van der Waals surface area contributed by atoms with Crippen molar-refractivity contribution in [2.45, 2.75) is 0 Å². The molecule has 4 heteroatoms. The number of anilines is 1. The molecule has 1 amide bonds. The van der Waals surface area contributed by atoms with Crippen LogP contribution in [0.3, 0.4) is 0 Å². The van der Waals surface area contributed by atoms with Gasteiger partial charge in [-0.3, -0.25) is 14.7 Å². The van der Waals surface area contributed by atoms with E-state index in [0.717, 1.165) is 22.2 Å². The summed E-state index contributed by atoms with van der Waals surface area (Å²) in [5.74, 6) is 0.546. The number of nitrogens with zero attached hydrogens (tertiary/aromatic N) is 2. The zero-order chi connectivity index (χ0) is 16.0. The van der Waals surface area contributed by atoms with Gasteiger partial charge in [-0.15, -0.1) is 0 Å². The van der Waals surface area contributed by atoms with Crippen molar-refractivity contribution in [3.8, 4) is 5.75 Å². The molecule has 0 radical (unpaired) electrons. The van der Waals surface area contributed by atoms with Crippen LogP contribution in [0.1, 0.15) is 15.9 Å². The average molecular weight is 302 g/mol. The number of aromatic nitrogens is 1. The predicted octanol–water partition coefficient (Wildman–Crippen LogP) is 3.87. The number of benzene rings is 2. The lowest BCUT2D eigenvalue weighted by atomic mass is 10.1. The number of fused-ring (bicyclic) bond motifs is 2. The first-order valence-corrected chi connectivity index (χ1v) is 7.26. The van der Waals surface area contributed by atoms with E-state index >= 15 is 0 Å². The maximum Gasteiger partial charge on any atom is 0.263 e. The van der Waals surface area contributed by atoms with Gasteiger partial charge in [0, 0.05) is 17.1 Å². The number of para-hydroxylation sites is 1. The highest BCUT2D eigenvalue weighted by Gasteiger charge is 2.33. The molecule has 23 heavy (non-hydrogen) atoms. The molecule has 2 aromatic carbocycles. The fraction of sp³-hybridized carbons (Fsp3) is 0.0526. The van der Waals surface area contributed by atoms with E-state index in [1.165, 1.54) is 0 Å². The summed E-state index contributed by atoms with van der Waals surface area (Å²) in [5, 5.41) is 0.985. The van der Waals surface area contributed by atoms with Crippen molar-refractivity contribution < 1.29 is 9.53 Å². The smallest absolute Gasteiger partial charge is 0.263 e. The molecule has 1 aliphatic heterocycles. The molecule has 1 aliphatic rings. The molecule has 0 aliphatic carbocycles. The standard InChI is InChI=1S/C19H14N2O2/c1-12-15-9-8-14(23-2)11-16(15)19(22)21(12)17-7-3-5-13-6-4-10-20-18(13)17/h3-11H,1H2,2H3. The molecular weight excluding hydrogens is 288 g/mol. The number of rotatable bonds is 2. The molecule has 112 valence electrons. The summed E-state index contributed by atoms with van der Waals surface area (Å²) in [6, 6.07) is 15.1. The molecule has 3 aromatic rings. The average Bonchev–Trinajstić information content (AvgIpc) is 2.85. The summed E-state index contributed by atoms with van der Waals surface area (Å²) in [5.41, 5.74) is 3.61. The lowest BCUT2D eigenvalue weighted by molar-refractivity contribution is 0.101. The third-order valence-electron chi connectivity index (χ3n) is 4.09. The topological polar surface area (TPSA) is 42.4 Å². The van der Waals surface area contributed by atoms with Crippen LogP contribution in [0, 0.1) is 0 Å². The number of ether oxygens (including phenoxy) is 1. The molecule has 0 spiro atoms. The van der Waals surface area contributed by atoms with Gasteiger partial charge >= 0.3 is 0 Å². The van der Waals surface area contributed by atoms with Crippen LogP contribution in [-0.2, 0) is 0 Å². The Labute approximate surface area is 133 Å². The highest BCUT2D eigenvalue weighted by atomic mass is 16.5. The number of pyridine rings is 1. The Kier molecular flexibility index (Phi) is 2.91. The van der Waals surface area contributed by atoms with Crippen molar-refractivity contribution in [1.29, 1.82) is 0 Å². The van der Waals surface area contributed by atoms with Crippen LogP contribution in [0.25, 0.3) is 16.6 Å². The van der Waals surface area contributed by atoms with E-state index in [9.17, 15) is 4.79 Å². The molecule has 0 bridgehead atoms. The summed E-state index contributed by atoms with van der Waals surface area (Å²) in [7, 11) is 1.59. The van der Waals surface area contributed by atoms with Gasteiger partial charge in [-0.2, -0.15) is 0 Å². The highest BCUT2D eigenvalue weighted by Crippen LogP contribution is 2.39. The van der Waals surface area contributed by atoms with Crippen LogP contribution in [0.4, 0.5) is 5.69 Å². The van der Waals surface area contributed by atoms with E-state index < -0.39 is 0 Å². The van der Waals surface area contributed by atoms with Crippen molar-refractivity contribution in [3.63, 3.8) is 0 Å². The van der Waals surface area contributed by atoms with Crippen LogP contribution >= 0.6 is 0 Å². The van der Waals surface area contributed by atoms with E-state index in [1.807, 2.05) is 42.5 Å². The molecule has 0 saturated carbocycles. The normalized spacial score (nSPS) is 13.5. The van der Waals surface area contributed by atoms with Gasteiger partial charge in [0.25, 0.3) is 5.91 Å². The maximum atomic E-state index is 12.9. The van der Waals surface area contributed by atoms with Crippen molar-refractivity contribution in [1.82, 2.24) is 4.98 Å². The Balaban J connectivity index is 1.90. The summed E-state index contributed by atoms with van der Waals surface area (Å²) < 4.78 is 5.22. The first-order valence-electron chi connectivity index (χ1n) is 7.26. The van der Waals surface area contributed by atoms with Crippen molar-refractivity contribution >= 4 is 28.2 Å². The molecule has 0 fully saturated rings. The second kappa shape index (κ2) is 4.95. The van der Waals surface area contributed by atoms with Crippen molar-refractivity contribution in [2.75, 3.05) is 12.0 Å². The molecule has 0 atom stereocenters. The molecule has 4 rings (SSSR count). The zero-order valence-corrected chi connectivity index (χ0v) is 12.6. The monoisotopic (exact) mass is 302 g/mol. The molecule has 2 heterocycles. The quantitative estimate of drug-likeness (QED) is 0.721. The molecule has 4 nitrogen and oxygen atoms in total. The number of carbonyl (C=O) groups excluding carboxylic acids is 1. The fourth-order valence-corrected chi connectivity index (χ4v) is 2.97. The third kappa shape index (κ3) is 1.92. The summed E-state index contributed by atoms with van der Waals surface area (Å²) in [4.78, 5) is 19.0. The first kappa shape index (κ1) is 13.5. The van der Waals surface area contributed by atoms with E-state index in [2.05, 4.69) is 11.6 Å². The number of hydrogen-bond acceptors (Lipinski definition) is 3. The Morgan fingerprint density at radius 2 is 1.91 bits per heavy atom. The van der Waals surface area contributed by atoms with E-state index in [4.69, 9.17) is 4.74 Å². The lowest BCUT2D eigenvalue weighted by Gasteiger charge is -2.18. The van der Waals surface area contributed by atoms with Crippen LogP contribution in [0.2, 0.25) is 0 Å². The van der Waals surface area contributed by atoms with Crippen LogP contribution in [0.5, 0.6) is 5.75 Å². The van der Waals surface area contributed by atoms with E-state index in [-0.39, 0.29) is 5.91 Å².